The summed E-state index contributed by atoms with van der Waals surface area (Å²) in [7, 11) is 1.33. The number of fused-ring (bicyclic) bond motifs is 1. The van der Waals surface area contributed by atoms with Crippen molar-refractivity contribution >= 4 is 28.5 Å². The third-order valence-corrected chi connectivity index (χ3v) is 2.28. The number of carbonyl (C=O) groups excluding carboxylic acids is 1. The van der Waals surface area contributed by atoms with Crippen molar-refractivity contribution in [2.75, 3.05) is 7.11 Å². The first-order chi connectivity index (χ1) is 7.20. The minimum absolute atomic E-state index is 0.298. The Kier molecular flexibility index (Phi) is 2.56. The Morgan fingerprint density at radius 2 is 2.13 bits per heavy atom. The van der Waals surface area contributed by atoms with Crippen LogP contribution in [0.1, 0.15) is 10.5 Å². The number of pyridine rings is 1. The summed E-state index contributed by atoms with van der Waals surface area (Å²) in [6.45, 7) is 0. The topological polar surface area (TPSA) is 39.2 Å². The maximum atomic E-state index is 11.2. The molecule has 0 unspecified atom stereocenters. The van der Waals surface area contributed by atoms with Gasteiger partial charge in [0.25, 0.3) is 0 Å². The highest BCUT2D eigenvalue weighted by Crippen LogP contribution is 2.18. The van der Waals surface area contributed by atoms with Gasteiger partial charge in [-0.2, -0.15) is 0 Å². The molecule has 1 aromatic heterocycles. The maximum absolute atomic E-state index is 11.2. The van der Waals surface area contributed by atoms with Gasteiger partial charge in [0.05, 0.1) is 12.6 Å². The molecular weight excluding hydrogens is 214 g/mol. The van der Waals surface area contributed by atoms with Crippen LogP contribution in [-0.2, 0) is 4.74 Å². The number of benzene rings is 1. The van der Waals surface area contributed by atoms with Gasteiger partial charge in [0.15, 0.2) is 0 Å². The number of aromatic nitrogens is 1. The number of hydrogen-bond donors (Lipinski definition) is 0. The van der Waals surface area contributed by atoms with E-state index in [1.807, 2.05) is 0 Å². The lowest BCUT2D eigenvalue weighted by molar-refractivity contribution is 0.0594. The molecule has 0 saturated carbocycles. The van der Waals surface area contributed by atoms with Crippen LogP contribution in [0.4, 0.5) is 0 Å². The lowest BCUT2D eigenvalue weighted by Gasteiger charge is -2.01. The predicted octanol–water partition coefficient (Wildman–Crippen LogP) is 2.67. The van der Waals surface area contributed by atoms with E-state index in [2.05, 4.69) is 9.72 Å². The van der Waals surface area contributed by atoms with Crippen molar-refractivity contribution < 1.29 is 9.53 Å². The quantitative estimate of drug-likeness (QED) is 0.695. The second-order valence-corrected chi connectivity index (χ2v) is 3.46. The summed E-state index contributed by atoms with van der Waals surface area (Å²) in [6, 6.07) is 8.71. The van der Waals surface area contributed by atoms with E-state index in [1.54, 1.807) is 30.3 Å². The largest absolute Gasteiger partial charge is 0.464 e. The number of halogens is 1. The van der Waals surface area contributed by atoms with Crippen LogP contribution < -0.4 is 0 Å². The van der Waals surface area contributed by atoms with E-state index in [9.17, 15) is 4.79 Å². The molecule has 2 aromatic rings. The molecule has 0 atom stereocenters. The Morgan fingerprint density at radius 3 is 2.87 bits per heavy atom. The molecule has 76 valence electrons. The zero-order valence-corrected chi connectivity index (χ0v) is 8.78. The van der Waals surface area contributed by atoms with Gasteiger partial charge in [-0.05, 0) is 24.3 Å². The van der Waals surface area contributed by atoms with Gasteiger partial charge in [-0.25, -0.2) is 9.78 Å². The van der Waals surface area contributed by atoms with E-state index in [1.165, 1.54) is 7.11 Å². The van der Waals surface area contributed by atoms with E-state index in [4.69, 9.17) is 11.6 Å². The fourth-order valence-corrected chi connectivity index (χ4v) is 1.50. The number of carbonyl (C=O) groups is 1. The number of ether oxygens (including phenoxy) is 1. The van der Waals surface area contributed by atoms with Crippen LogP contribution in [0.15, 0.2) is 30.3 Å². The Hall–Kier alpha value is -1.61. The average Bonchev–Trinajstić information content (AvgIpc) is 2.27. The van der Waals surface area contributed by atoms with Gasteiger partial charge < -0.3 is 4.74 Å². The van der Waals surface area contributed by atoms with Crippen LogP contribution in [0.5, 0.6) is 0 Å². The summed E-state index contributed by atoms with van der Waals surface area (Å²) in [5.74, 6) is -0.438. The van der Waals surface area contributed by atoms with Crippen LogP contribution in [0.2, 0.25) is 5.02 Å². The van der Waals surface area contributed by atoms with Crippen molar-refractivity contribution in [2.24, 2.45) is 0 Å². The number of methoxy groups -OCH3 is 1. The molecule has 4 heteroatoms. The SMILES string of the molecule is COC(=O)c1ccc2cc(Cl)ccc2n1. The van der Waals surface area contributed by atoms with Crippen LogP contribution in [0.3, 0.4) is 0 Å². The summed E-state index contributed by atoms with van der Waals surface area (Å²) < 4.78 is 4.58. The number of esters is 1. The van der Waals surface area contributed by atoms with Crippen LogP contribution >= 0.6 is 11.6 Å². The van der Waals surface area contributed by atoms with Gasteiger partial charge in [-0.1, -0.05) is 17.7 Å². The lowest BCUT2D eigenvalue weighted by Crippen LogP contribution is -2.03. The molecular formula is C11H8ClNO2. The molecule has 0 spiro atoms. The molecule has 0 bridgehead atoms. The third-order valence-electron chi connectivity index (χ3n) is 2.05. The van der Waals surface area contributed by atoms with Crippen molar-refractivity contribution in [3.63, 3.8) is 0 Å². The maximum Gasteiger partial charge on any atom is 0.356 e. The minimum atomic E-state index is -0.438. The number of rotatable bonds is 1. The molecule has 0 N–H and O–H groups in total. The molecule has 1 heterocycles. The molecule has 0 amide bonds. The van der Waals surface area contributed by atoms with E-state index >= 15 is 0 Å². The zero-order chi connectivity index (χ0) is 10.8. The fraction of sp³-hybridized carbons (Fsp3) is 0.0909. The van der Waals surface area contributed by atoms with Crippen LogP contribution in [-0.4, -0.2) is 18.1 Å². The van der Waals surface area contributed by atoms with Gasteiger partial charge in [0.1, 0.15) is 5.69 Å². The molecule has 0 aliphatic rings. The summed E-state index contributed by atoms with van der Waals surface area (Å²) in [5, 5.41) is 1.55. The molecule has 0 saturated heterocycles. The van der Waals surface area contributed by atoms with E-state index in [-0.39, 0.29) is 0 Å². The van der Waals surface area contributed by atoms with Gasteiger partial charge in [0, 0.05) is 10.4 Å². The molecule has 0 radical (unpaired) electrons. The first kappa shape index (κ1) is 9.93. The molecule has 15 heavy (non-hydrogen) atoms. The van der Waals surface area contributed by atoms with E-state index < -0.39 is 5.97 Å². The van der Waals surface area contributed by atoms with Crippen LogP contribution in [0.25, 0.3) is 10.9 Å². The second-order valence-electron chi connectivity index (χ2n) is 3.03. The summed E-state index contributed by atoms with van der Waals surface area (Å²) >= 11 is 5.83. The van der Waals surface area contributed by atoms with Crippen molar-refractivity contribution in [1.82, 2.24) is 4.98 Å². The smallest absolute Gasteiger partial charge is 0.356 e. The Morgan fingerprint density at radius 1 is 1.33 bits per heavy atom. The molecule has 0 fully saturated rings. The Labute approximate surface area is 91.6 Å². The monoisotopic (exact) mass is 221 g/mol. The van der Waals surface area contributed by atoms with Crippen molar-refractivity contribution in [2.45, 2.75) is 0 Å². The predicted molar refractivity (Wildman–Crippen MR) is 58.1 cm³/mol. The highest BCUT2D eigenvalue weighted by atomic mass is 35.5. The normalized spacial score (nSPS) is 10.3. The third kappa shape index (κ3) is 1.92. The summed E-state index contributed by atoms with van der Waals surface area (Å²) in [5.41, 5.74) is 1.02. The standard InChI is InChI=1S/C11H8ClNO2/c1-15-11(14)10-4-2-7-6-8(12)3-5-9(7)13-10/h2-6H,1H3. The average molecular weight is 222 g/mol. The molecule has 1 aromatic carbocycles. The molecule has 0 aliphatic carbocycles. The highest BCUT2D eigenvalue weighted by Gasteiger charge is 2.07. The second kappa shape index (κ2) is 3.87. The Bertz CT molecular complexity index is 525. The van der Waals surface area contributed by atoms with Gasteiger partial charge in [-0.3, -0.25) is 0 Å². The van der Waals surface area contributed by atoms with Gasteiger partial charge in [0.2, 0.25) is 0 Å². The van der Waals surface area contributed by atoms with Crippen molar-refractivity contribution in [3.05, 3.63) is 41.0 Å². The number of nitrogens with zero attached hydrogens (tertiary/aromatic N) is 1. The van der Waals surface area contributed by atoms with Crippen molar-refractivity contribution in [3.8, 4) is 0 Å². The minimum Gasteiger partial charge on any atom is -0.464 e. The van der Waals surface area contributed by atoms with Crippen molar-refractivity contribution in [1.29, 1.82) is 0 Å². The first-order valence-electron chi connectivity index (χ1n) is 4.35. The van der Waals surface area contributed by atoms with Crippen LogP contribution in [0, 0.1) is 0 Å². The lowest BCUT2D eigenvalue weighted by atomic mass is 10.2. The first-order valence-corrected chi connectivity index (χ1v) is 4.73. The molecule has 2 rings (SSSR count). The molecule has 0 aliphatic heterocycles. The summed E-state index contributed by atoms with van der Waals surface area (Å²) in [4.78, 5) is 15.4. The Balaban J connectivity index is 2.57. The van der Waals surface area contributed by atoms with Gasteiger partial charge >= 0.3 is 5.97 Å². The zero-order valence-electron chi connectivity index (χ0n) is 8.03. The number of hydrogen-bond acceptors (Lipinski definition) is 3. The molecule has 3 nitrogen and oxygen atoms in total. The van der Waals surface area contributed by atoms with E-state index in [0.717, 1.165) is 10.9 Å². The fourth-order valence-electron chi connectivity index (χ4n) is 1.31. The van der Waals surface area contributed by atoms with Gasteiger partial charge in [-0.15, -0.1) is 0 Å². The van der Waals surface area contributed by atoms with E-state index in [0.29, 0.717) is 10.7 Å². The summed E-state index contributed by atoms with van der Waals surface area (Å²) in [6.07, 6.45) is 0. The highest BCUT2D eigenvalue weighted by molar-refractivity contribution is 6.31.